The fourth-order valence-corrected chi connectivity index (χ4v) is 2.55. The number of methoxy groups -OCH3 is 1. The van der Waals surface area contributed by atoms with E-state index in [2.05, 4.69) is 34.1 Å². The third-order valence-corrected chi connectivity index (χ3v) is 3.42. The van der Waals surface area contributed by atoms with Crippen LogP contribution in [0.15, 0.2) is 16.5 Å². The molecule has 0 spiro atoms. The lowest BCUT2D eigenvalue weighted by atomic mass is 10.1. The smallest absolute Gasteiger partial charge is 0.373 e. The first-order valence-corrected chi connectivity index (χ1v) is 7.13. The van der Waals surface area contributed by atoms with Crippen molar-refractivity contribution >= 4 is 22.4 Å². The molecule has 0 aliphatic rings. The van der Waals surface area contributed by atoms with Crippen LogP contribution in [0.5, 0.6) is 0 Å². The first-order valence-electron chi connectivity index (χ1n) is 6.31. The standard InChI is InChI=1S/C13H17N3O3S/c1-8(2)6-11-15-16-13(20-11)14-7-9-4-5-10(19-9)12(17)18-3/h4-5,8H,6-7H2,1-3H3,(H,14,16). The number of carbonyl (C=O) groups is 1. The summed E-state index contributed by atoms with van der Waals surface area (Å²) in [7, 11) is 1.32. The molecular weight excluding hydrogens is 278 g/mol. The van der Waals surface area contributed by atoms with Gasteiger partial charge in [-0.2, -0.15) is 0 Å². The molecule has 2 rings (SSSR count). The Morgan fingerprint density at radius 3 is 2.95 bits per heavy atom. The van der Waals surface area contributed by atoms with Crippen molar-refractivity contribution in [1.82, 2.24) is 10.2 Å². The summed E-state index contributed by atoms with van der Waals surface area (Å²) in [6.45, 7) is 4.74. The van der Waals surface area contributed by atoms with Gasteiger partial charge in [-0.1, -0.05) is 25.2 Å². The van der Waals surface area contributed by atoms with Crippen molar-refractivity contribution in [2.24, 2.45) is 5.92 Å². The molecule has 7 heteroatoms. The van der Waals surface area contributed by atoms with Crippen LogP contribution in [0.4, 0.5) is 5.13 Å². The van der Waals surface area contributed by atoms with E-state index in [9.17, 15) is 4.79 Å². The lowest BCUT2D eigenvalue weighted by Crippen LogP contribution is -2.00. The molecule has 0 fully saturated rings. The van der Waals surface area contributed by atoms with Gasteiger partial charge in [-0.25, -0.2) is 4.79 Å². The van der Waals surface area contributed by atoms with Crippen molar-refractivity contribution in [2.45, 2.75) is 26.8 Å². The van der Waals surface area contributed by atoms with Crippen LogP contribution in [0.3, 0.4) is 0 Å². The van der Waals surface area contributed by atoms with Gasteiger partial charge in [-0.05, 0) is 18.1 Å². The Hall–Kier alpha value is -1.89. The van der Waals surface area contributed by atoms with Crippen molar-refractivity contribution < 1.29 is 13.9 Å². The summed E-state index contributed by atoms with van der Waals surface area (Å²) in [6.07, 6.45) is 0.923. The van der Waals surface area contributed by atoms with Gasteiger partial charge in [-0.3, -0.25) is 0 Å². The molecule has 0 saturated heterocycles. The van der Waals surface area contributed by atoms with Crippen molar-refractivity contribution in [2.75, 3.05) is 12.4 Å². The van der Waals surface area contributed by atoms with Gasteiger partial charge in [0.2, 0.25) is 10.9 Å². The average Bonchev–Trinajstić information content (AvgIpc) is 3.04. The number of anilines is 1. The van der Waals surface area contributed by atoms with Crippen LogP contribution in [-0.4, -0.2) is 23.3 Å². The van der Waals surface area contributed by atoms with Gasteiger partial charge in [0.15, 0.2) is 0 Å². The maximum absolute atomic E-state index is 11.3. The highest BCUT2D eigenvalue weighted by Gasteiger charge is 2.11. The number of aromatic nitrogens is 2. The lowest BCUT2D eigenvalue weighted by Gasteiger charge is -1.99. The molecule has 2 heterocycles. The Labute approximate surface area is 121 Å². The number of furan rings is 1. The van der Waals surface area contributed by atoms with Crippen molar-refractivity contribution in [3.63, 3.8) is 0 Å². The van der Waals surface area contributed by atoms with Gasteiger partial charge in [-0.15, -0.1) is 10.2 Å². The van der Waals surface area contributed by atoms with Crippen LogP contribution in [0.25, 0.3) is 0 Å². The Morgan fingerprint density at radius 2 is 2.25 bits per heavy atom. The highest BCUT2D eigenvalue weighted by molar-refractivity contribution is 7.15. The lowest BCUT2D eigenvalue weighted by molar-refractivity contribution is 0.0563. The van der Waals surface area contributed by atoms with Crippen LogP contribution < -0.4 is 5.32 Å². The van der Waals surface area contributed by atoms with E-state index < -0.39 is 5.97 Å². The van der Waals surface area contributed by atoms with Crippen LogP contribution in [-0.2, 0) is 17.7 Å². The van der Waals surface area contributed by atoms with Crippen molar-refractivity contribution in [3.05, 3.63) is 28.7 Å². The third-order valence-electron chi connectivity index (χ3n) is 2.51. The van der Waals surface area contributed by atoms with Gasteiger partial charge in [0, 0.05) is 6.42 Å². The minimum absolute atomic E-state index is 0.196. The Balaban J connectivity index is 1.90. The van der Waals surface area contributed by atoms with Gasteiger partial charge in [0.25, 0.3) is 0 Å². The number of hydrogen-bond donors (Lipinski definition) is 1. The van der Waals surface area contributed by atoms with E-state index in [0.717, 1.165) is 16.6 Å². The molecule has 0 saturated carbocycles. The number of esters is 1. The quantitative estimate of drug-likeness (QED) is 0.826. The molecule has 6 nitrogen and oxygen atoms in total. The molecule has 2 aromatic heterocycles. The fraction of sp³-hybridized carbons (Fsp3) is 0.462. The van der Waals surface area contributed by atoms with Crippen LogP contribution in [0, 0.1) is 5.92 Å². The van der Waals surface area contributed by atoms with Gasteiger partial charge in [0.05, 0.1) is 13.7 Å². The number of ether oxygens (including phenoxy) is 1. The highest BCUT2D eigenvalue weighted by Crippen LogP contribution is 2.19. The molecule has 0 aromatic carbocycles. The normalized spacial score (nSPS) is 10.8. The summed E-state index contributed by atoms with van der Waals surface area (Å²) >= 11 is 1.53. The van der Waals surface area contributed by atoms with Gasteiger partial charge >= 0.3 is 5.97 Å². The van der Waals surface area contributed by atoms with Crippen LogP contribution >= 0.6 is 11.3 Å². The number of nitrogens with one attached hydrogen (secondary N) is 1. The zero-order chi connectivity index (χ0) is 14.5. The number of carbonyl (C=O) groups excluding carboxylic acids is 1. The Morgan fingerprint density at radius 1 is 1.45 bits per heavy atom. The van der Waals surface area contributed by atoms with Crippen molar-refractivity contribution in [3.8, 4) is 0 Å². The molecular formula is C13H17N3O3S. The average molecular weight is 295 g/mol. The number of rotatable bonds is 6. The molecule has 0 radical (unpaired) electrons. The summed E-state index contributed by atoms with van der Waals surface area (Å²) in [5, 5.41) is 13.1. The summed E-state index contributed by atoms with van der Waals surface area (Å²) in [5.41, 5.74) is 0. The molecule has 0 atom stereocenters. The zero-order valence-corrected chi connectivity index (χ0v) is 12.5. The molecule has 0 aliphatic carbocycles. The first-order chi connectivity index (χ1) is 9.58. The summed E-state index contributed by atoms with van der Waals surface area (Å²) in [5.74, 6) is 0.919. The summed E-state index contributed by atoms with van der Waals surface area (Å²) in [6, 6.07) is 3.32. The molecule has 0 amide bonds. The molecule has 0 unspecified atom stereocenters. The number of hydrogen-bond acceptors (Lipinski definition) is 7. The second kappa shape index (κ2) is 6.51. The Bertz CT molecular complexity index is 577. The monoisotopic (exact) mass is 295 g/mol. The molecule has 1 N–H and O–H groups in total. The molecule has 2 aromatic rings. The SMILES string of the molecule is COC(=O)c1ccc(CNc2nnc(CC(C)C)s2)o1. The second-order valence-corrected chi connectivity index (χ2v) is 5.77. The fourth-order valence-electron chi connectivity index (χ4n) is 1.60. The maximum Gasteiger partial charge on any atom is 0.373 e. The summed E-state index contributed by atoms with van der Waals surface area (Å²) in [4.78, 5) is 11.3. The minimum Gasteiger partial charge on any atom is -0.463 e. The predicted octanol–water partition coefficient (Wildman–Crippen LogP) is 2.73. The van der Waals surface area contributed by atoms with Gasteiger partial charge < -0.3 is 14.5 Å². The molecule has 0 bridgehead atoms. The van der Waals surface area contributed by atoms with E-state index in [4.69, 9.17) is 4.42 Å². The molecule has 0 aliphatic heterocycles. The minimum atomic E-state index is -0.480. The van der Waals surface area contributed by atoms with E-state index in [1.807, 2.05) is 0 Å². The number of nitrogens with zero attached hydrogens (tertiary/aromatic N) is 2. The summed E-state index contributed by atoms with van der Waals surface area (Å²) < 4.78 is 9.93. The van der Waals surface area contributed by atoms with Crippen molar-refractivity contribution in [1.29, 1.82) is 0 Å². The molecule has 108 valence electrons. The van der Waals surface area contributed by atoms with E-state index in [-0.39, 0.29) is 5.76 Å². The van der Waals surface area contributed by atoms with E-state index in [0.29, 0.717) is 18.2 Å². The largest absolute Gasteiger partial charge is 0.463 e. The maximum atomic E-state index is 11.3. The zero-order valence-electron chi connectivity index (χ0n) is 11.7. The molecule has 20 heavy (non-hydrogen) atoms. The topological polar surface area (TPSA) is 77.2 Å². The van der Waals surface area contributed by atoms with Gasteiger partial charge in [0.1, 0.15) is 10.8 Å². The predicted molar refractivity (Wildman–Crippen MR) is 75.8 cm³/mol. The highest BCUT2D eigenvalue weighted by atomic mass is 32.1. The van der Waals surface area contributed by atoms with E-state index in [1.54, 1.807) is 12.1 Å². The van der Waals surface area contributed by atoms with Crippen LogP contribution in [0.2, 0.25) is 0 Å². The first kappa shape index (κ1) is 14.5. The Kier molecular flexibility index (Phi) is 4.73. The second-order valence-electron chi connectivity index (χ2n) is 4.71. The van der Waals surface area contributed by atoms with E-state index >= 15 is 0 Å². The van der Waals surface area contributed by atoms with Crippen LogP contribution in [0.1, 0.15) is 35.2 Å². The third kappa shape index (κ3) is 3.80. The van der Waals surface area contributed by atoms with E-state index in [1.165, 1.54) is 18.4 Å².